The second-order valence-corrected chi connectivity index (χ2v) is 7.21. The second kappa shape index (κ2) is 3.79. The predicted molar refractivity (Wildman–Crippen MR) is 83.0 cm³/mol. The summed E-state index contributed by atoms with van der Waals surface area (Å²) in [5.74, 6) is 0.704. The number of hydrogen-bond acceptors (Lipinski definition) is 2. The molecule has 0 spiro atoms. The molecule has 0 bridgehead atoms. The van der Waals surface area contributed by atoms with E-state index >= 15 is 0 Å². The normalized spacial score (nSPS) is 36.3. The quantitative estimate of drug-likeness (QED) is 0.710. The van der Waals surface area contributed by atoms with Gasteiger partial charge in [-0.05, 0) is 71.7 Å². The number of piperidine rings is 1. The number of aliphatic imine (C=N–C) groups is 1. The Balaban J connectivity index is 1.97. The van der Waals surface area contributed by atoms with Crippen molar-refractivity contribution in [1.82, 2.24) is 5.32 Å². The van der Waals surface area contributed by atoms with Gasteiger partial charge in [0.2, 0.25) is 0 Å². The molecule has 4 rings (SSSR count). The van der Waals surface area contributed by atoms with Gasteiger partial charge in [0.05, 0.1) is 5.69 Å². The molecule has 1 unspecified atom stereocenters. The highest BCUT2D eigenvalue weighted by molar-refractivity contribution is 14.1. The highest BCUT2D eigenvalue weighted by Crippen LogP contribution is 2.52. The van der Waals surface area contributed by atoms with E-state index in [0.29, 0.717) is 12.0 Å². The maximum atomic E-state index is 4.67. The van der Waals surface area contributed by atoms with Crippen molar-refractivity contribution in [3.63, 3.8) is 0 Å². The van der Waals surface area contributed by atoms with E-state index in [4.69, 9.17) is 0 Å². The van der Waals surface area contributed by atoms with Gasteiger partial charge in [0, 0.05) is 27.2 Å². The average molecular weight is 352 g/mol. The van der Waals surface area contributed by atoms with Crippen molar-refractivity contribution >= 4 is 34.5 Å². The zero-order valence-electron chi connectivity index (χ0n) is 10.5. The third kappa shape index (κ3) is 1.40. The first-order chi connectivity index (χ1) is 8.69. The van der Waals surface area contributed by atoms with E-state index < -0.39 is 0 Å². The van der Waals surface area contributed by atoms with Crippen molar-refractivity contribution in [2.75, 3.05) is 6.54 Å². The average Bonchev–Trinajstić information content (AvgIpc) is 2.70. The van der Waals surface area contributed by atoms with Crippen molar-refractivity contribution in [2.45, 2.75) is 43.6 Å². The molecule has 18 heavy (non-hydrogen) atoms. The molecule has 1 aliphatic carbocycles. The van der Waals surface area contributed by atoms with Crippen LogP contribution in [0.3, 0.4) is 0 Å². The van der Waals surface area contributed by atoms with Crippen LogP contribution in [0, 0.1) is 3.57 Å². The van der Waals surface area contributed by atoms with Crippen molar-refractivity contribution in [3.05, 3.63) is 26.8 Å². The Hall–Kier alpha value is -0.420. The van der Waals surface area contributed by atoms with E-state index in [9.17, 15) is 0 Å². The van der Waals surface area contributed by atoms with Gasteiger partial charge < -0.3 is 5.32 Å². The molecule has 3 aliphatic rings. The summed E-state index contributed by atoms with van der Waals surface area (Å²) in [6, 6.07) is 5.08. The molecule has 0 saturated carbocycles. The van der Waals surface area contributed by atoms with Crippen LogP contribution >= 0.6 is 22.6 Å². The number of rotatable bonds is 0. The smallest absolute Gasteiger partial charge is 0.0671 e. The van der Waals surface area contributed by atoms with Crippen LogP contribution in [0.15, 0.2) is 17.1 Å². The molecular formula is C15H17IN2. The summed E-state index contributed by atoms with van der Waals surface area (Å²) in [6.45, 7) is 3.54. The first kappa shape index (κ1) is 11.4. The van der Waals surface area contributed by atoms with Gasteiger partial charge in [-0.25, -0.2) is 0 Å². The minimum absolute atomic E-state index is 0.164. The largest absolute Gasteiger partial charge is 0.313 e. The molecule has 1 N–H and O–H groups in total. The molecule has 3 atom stereocenters. The number of benzene rings is 1. The Labute approximate surface area is 121 Å². The monoisotopic (exact) mass is 352 g/mol. The summed E-state index contributed by atoms with van der Waals surface area (Å²) < 4.78 is 1.43. The van der Waals surface area contributed by atoms with E-state index in [0.717, 1.165) is 0 Å². The van der Waals surface area contributed by atoms with Crippen LogP contribution in [0.2, 0.25) is 0 Å². The number of nitrogens with zero attached hydrogens (tertiary/aromatic N) is 1. The molecule has 0 amide bonds. The fourth-order valence-electron chi connectivity index (χ4n) is 4.05. The zero-order chi connectivity index (χ0) is 12.3. The van der Waals surface area contributed by atoms with E-state index in [1.54, 1.807) is 5.56 Å². The van der Waals surface area contributed by atoms with Gasteiger partial charge in [-0.1, -0.05) is 6.92 Å². The molecule has 2 heterocycles. The lowest BCUT2D eigenvalue weighted by molar-refractivity contribution is 0.286. The lowest BCUT2D eigenvalue weighted by Crippen LogP contribution is -2.48. The topological polar surface area (TPSA) is 24.4 Å². The first-order valence-electron chi connectivity index (χ1n) is 6.80. The fraction of sp³-hybridized carbons (Fsp3) is 0.533. The van der Waals surface area contributed by atoms with Crippen molar-refractivity contribution in [2.24, 2.45) is 4.99 Å². The van der Waals surface area contributed by atoms with Crippen molar-refractivity contribution < 1.29 is 0 Å². The minimum Gasteiger partial charge on any atom is -0.313 e. The molecule has 2 aliphatic heterocycles. The van der Waals surface area contributed by atoms with Crippen molar-refractivity contribution in [3.8, 4) is 0 Å². The number of fused-ring (bicyclic) bond motifs is 2. The maximum Gasteiger partial charge on any atom is 0.0671 e. The van der Waals surface area contributed by atoms with Crippen LogP contribution in [-0.4, -0.2) is 18.8 Å². The SMILES string of the molecule is CC12C=Nc3ccc(I)c(c31)[C@H]1CCCN[C@@H]1C2. The van der Waals surface area contributed by atoms with Gasteiger partial charge in [0.25, 0.3) is 0 Å². The Morgan fingerprint density at radius 2 is 2.33 bits per heavy atom. The highest BCUT2D eigenvalue weighted by Gasteiger charge is 2.46. The Morgan fingerprint density at radius 1 is 1.44 bits per heavy atom. The molecule has 94 valence electrons. The second-order valence-electron chi connectivity index (χ2n) is 6.04. The van der Waals surface area contributed by atoms with Gasteiger partial charge in [0.1, 0.15) is 0 Å². The molecule has 0 aromatic heterocycles. The molecule has 1 aromatic rings. The van der Waals surface area contributed by atoms with Crippen LogP contribution in [-0.2, 0) is 5.41 Å². The lowest BCUT2D eigenvalue weighted by atomic mass is 9.64. The zero-order valence-corrected chi connectivity index (χ0v) is 12.7. The summed E-state index contributed by atoms with van der Waals surface area (Å²) in [7, 11) is 0. The summed E-state index contributed by atoms with van der Waals surface area (Å²) in [5.41, 5.74) is 4.50. The number of halogens is 1. The van der Waals surface area contributed by atoms with Gasteiger partial charge in [-0.2, -0.15) is 0 Å². The predicted octanol–water partition coefficient (Wildman–Crippen LogP) is 3.50. The van der Waals surface area contributed by atoms with E-state index in [2.05, 4.69) is 58.2 Å². The van der Waals surface area contributed by atoms with Gasteiger partial charge >= 0.3 is 0 Å². The molecule has 1 aromatic carbocycles. The minimum atomic E-state index is 0.164. The van der Waals surface area contributed by atoms with E-state index in [1.807, 2.05) is 0 Å². The highest BCUT2D eigenvalue weighted by atomic mass is 127. The third-order valence-corrected chi connectivity index (χ3v) is 5.77. The van der Waals surface area contributed by atoms with Crippen LogP contribution in [0.1, 0.15) is 43.2 Å². The van der Waals surface area contributed by atoms with Gasteiger partial charge in [-0.3, -0.25) is 4.99 Å². The molecule has 1 fully saturated rings. The van der Waals surface area contributed by atoms with Crippen LogP contribution in [0.4, 0.5) is 5.69 Å². The van der Waals surface area contributed by atoms with E-state index in [-0.39, 0.29) is 5.41 Å². The molecule has 3 heteroatoms. The third-order valence-electron chi connectivity index (χ3n) is 4.83. The Kier molecular flexibility index (Phi) is 2.40. The summed E-state index contributed by atoms with van der Waals surface area (Å²) >= 11 is 2.51. The molecule has 2 nitrogen and oxygen atoms in total. The van der Waals surface area contributed by atoms with Crippen LogP contribution < -0.4 is 5.32 Å². The van der Waals surface area contributed by atoms with Crippen LogP contribution in [0.5, 0.6) is 0 Å². The summed E-state index contributed by atoms with van der Waals surface area (Å²) in [5, 5.41) is 3.74. The standard InChI is InChI=1S/C15H17IN2/c1-15-7-12-9(3-2-6-17-12)13-10(16)4-5-11(14(13)15)18-8-15/h4-5,8-9,12,17H,2-3,6-7H2,1H3/t9-,12+,15?/m0/s1. The number of hydrogen-bond donors (Lipinski definition) is 1. The lowest BCUT2D eigenvalue weighted by Gasteiger charge is -2.44. The molecule has 1 saturated heterocycles. The fourth-order valence-corrected chi connectivity index (χ4v) is 4.90. The van der Waals surface area contributed by atoms with Crippen molar-refractivity contribution in [1.29, 1.82) is 0 Å². The molecule has 0 radical (unpaired) electrons. The van der Waals surface area contributed by atoms with Gasteiger partial charge in [0.15, 0.2) is 0 Å². The Bertz CT molecular complexity index is 552. The summed E-state index contributed by atoms with van der Waals surface area (Å²) in [4.78, 5) is 4.67. The van der Waals surface area contributed by atoms with Crippen LogP contribution in [0.25, 0.3) is 0 Å². The summed E-state index contributed by atoms with van der Waals surface area (Å²) in [6.07, 6.45) is 6.03. The Morgan fingerprint density at radius 3 is 3.22 bits per heavy atom. The molecular weight excluding hydrogens is 335 g/mol. The van der Waals surface area contributed by atoms with E-state index in [1.165, 1.54) is 40.6 Å². The number of nitrogens with one attached hydrogen (secondary N) is 1. The maximum absolute atomic E-state index is 4.67. The van der Waals surface area contributed by atoms with Gasteiger partial charge in [-0.15, -0.1) is 0 Å². The first-order valence-corrected chi connectivity index (χ1v) is 7.88.